The third-order valence-electron chi connectivity index (χ3n) is 7.86. The molecule has 9 heteroatoms. The third-order valence-corrected chi connectivity index (χ3v) is 8.17. The number of piperazine rings is 1. The van der Waals surface area contributed by atoms with Crippen molar-refractivity contribution in [3.8, 4) is 11.8 Å². The molecule has 1 N–H and O–H groups in total. The maximum Gasteiger partial charge on any atom is 0.410 e. The first kappa shape index (κ1) is 29.5. The normalized spacial score (nSPS) is 21.6. The minimum atomic E-state index is -0.512. The summed E-state index contributed by atoms with van der Waals surface area (Å²) in [5, 5.41) is 12.7. The molecule has 0 radical (unpaired) electrons. The fourth-order valence-electron chi connectivity index (χ4n) is 6.11. The Labute approximate surface area is 242 Å². The van der Waals surface area contributed by atoms with Gasteiger partial charge in [0.1, 0.15) is 23.5 Å². The first-order chi connectivity index (χ1) is 18.6. The van der Waals surface area contributed by atoms with E-state index in [1.54, 1.807) is 23.1 Å². The van der Waals surface area contributed by atoms with Gasteiger partial charge in [-0.1, -0.05) is 39.3 Å². The molecule has 4 rings (SSSR count). The van der Waals surface area contributed by atoms with Crippen molar-refractivity contribution in [2.45, 2.75) is 66.2 Å². The first-order valence-electron chi connectivity index (χ1n) is 13.6. The highest BCUT2D eigenvalue weighted by Crippen LogP contribution is 2.55. The van der Waals surface area contributed by atoms with Gasteiger partial charge in [-0.05, 0) is 57.2 Å². The number of halogens is 1. The molecule has 2 aromatic carbocycles. The van der Waals surface area contributed by atoms with Gasteiger partial charge in [-0.2, -0.15) is 5.26 Å². The fraction of sp³-hybridized carbons (Fsp3) is 0.516. The van der Waals surface area contributed by atoms with Gasteiger partial charge in [-0.3, -0.25) is 4.79 Å². The van der Waals surface area contributed by atoms with Crippen molar-refractivity contribution in [1.29, 1.82) is 5.26 Å². The van der Waals surface area contributed by atoms with Gasteiger partial charge < -0.3 is 24.6 Å². The number of carbonyl (C=O) groups is 2. The van der Waals surface area contributed by atoms with E-state index in [0.717, 1.165) is 5.69 Å². The van der Waals surface area contributed by atoms with Crippen molar-refractivity contribution in [3.05, 3.63) is 58.6 Å². The standard InChI is InChI=1S/C31H39ClN4O4/c1-29(2,3)40-28(38)36-16-14-35(15-17-36)22-11-8-20(9-12-22)25(37)34-26-30(4,5)27(31(26,6)7)39-23-13-10-21(19-33)24(32)18-23/h8-13,18,26-27H,14-17H2,1-7H3,(H,34,37)/t26-,27-. The number of rotatable bonds is 5. The van der Waals surface area contributed by atoms with Crippen LogP contribution >= 0.6 is 11.6 Å². The summed E-state index contributed by atoms with van der Waals surface area (Å²) in [7, 11) is 0. The molecule has 8 nitrogen and oxygen atoms in total. The van der Waals surface area contributed by atoms with E-state index in [4.69, 9.17) is 26.3 Å². The molecule has 0 bridgehead atoms. The zero-order valence-electron chi connectivity index (χ0n) is 24.4. The van der Waals surface area contributed by atoms with E-state index in [-0.39, 0.29) is 35.0 Å². The number of benzene rings is 2. The van der Waals surface area contributed by atoms with Gasteiger partial charge in [-0.15, -0.1) is 0 Å². The van der Waals surface area contributed by atoms with Crippen molar-refractivity contribution in [2.75, 3.05) is 31.1 Å². The number of nitrogens with zero attached hydrogens (tertiary/aromatic N) is 3. The number of anilines is 1. The molecule has 214 valence electrons. The quantitative estimate of drug-likeness (QED) is 0.485. The van der Waals surface area contributed by atoms with Crippen LogP contribution in [0.3, 0.4) is 0 Å². The van der Waals surface area contributed by atoms with Gasteiger partial charge in [0.05, 0.1) is 10.6 Å². The van der Waals surface area contributed by atoms with Gasteiger partial charge in [0.25, 0.3) is 5.91 Å². The van der Waals surface area contributed by atoms with Crippen LogP contribution in [-0.2, 0) is 4.74 Å². The lowest BCUT2D eigenvalue weighted by atomic mass is 9.49. The Balaban J connectivity index is 1.35. The number of carbonyl (C=O) groups excluding carboxylic acids is 2. The van der Waals surface area contributed by atoms with Gasteiger partial charge in [0, 0.05) is 60.4 Å². The Hall–Kier alpha value is -3.44. The monoisotopic (exact) mass is 566 g/mol. The first-order valence-corrected chi connectivity index (χ1v) is 14.0. The highest BCUT2D eigenvalue weighted by atomic mass is 35.5. The van der Waals surface area contributed by atoms with E-state index < -0.39 is 5.60 Å². The summed E-state index contributed by atoms with van der Waals surface area (Å²) < 4.78 is 11.8. The predicted molar refractivity (Wildman–Crippen MR) is 156 cm³/mol. The molecular formula is C31H39ClN4O4. The van der Waals surface area contributed by atoms with Crippen LogP contribution in [0, 0.1) is 22.2 Å². The van der Waals surface area contributed by atoms with Crippen molar-refractivity contribution >= 4 is 29.3 Å². The second kappa shape index (κ2) is 10.9. The minimum Gasteiger partial charge on any atom is -0.489 e. The van der Waals surface area contributed by atoms with Gasteiger partial charge in [0.2, 0.25) is 0 Å². The average molecular weight is 567 g/mol. The van der Waals surface area contributed by atoms with Gasteiger partial charge >= 0.3 is 6.09 Å². The van der Waals surface area contributed by atoms with Gasteiger partial charge in [0.15, 0.2) is 0 Å². The number of nitrogens with one attached hydrogen (secondary N) is 1. The molecule has 2 aromatic rings. The van der Waals surface area contributed by atoms with Crippen LogP contribution in [0.5, 0.6) is 5.75 Å². The zero-order chi connectivity index (χ0) is 29.5. The SMILES string of the molecule is CC(C)(C)OC(=O)N1CCN(c2ccc(C(=O)N[C@H]3C(C)(C)[C@H](Oc4ccc(C#N)c(Cl)c4)C3(C)C)cc2)CC1. The lowest BCUT2D eigenvalue weighted by Gasteiger charge is -2.63. The highest BCUT2D eigenvalue weighted by Gasteiger charge is 2.64. The molecule has 0 atom stereocenters. The van der Waals surface area contributed by atoms with Crippen molar-refractivity contribution in [3.63, 3.8) is 0 Å². The molecule has 0 aromatic heterocycles. The summed E-state index contributed by atoms with van der Waals surface area (Å²) in [6, 6.07) is 14.6. The van der Waals surface area contributed by atoms with E-state index >= 15 is 0 Å². The molecule has 0 unspecified atom stereocenters. The molecular weight excluding hydrogens is 528 g/mol. The maximum atomic E-state index is 13.3. The number of ether oxygens (including phenoxy) is 2. The van der Waals surface area contributed by atoms with E-state index in [1.165, 1.54) is 0 Å². The highest BCUT2D eigenvalue weighted by molar-refractivity contribution is 6.31. The molecule has 40 heavy (non-hydrogen) atoms. The van der Waals surface area contributed by atoms with Crippen LogP contribution in [0.1, 0.15) is 64.4 Å². The second-order valence-electron chi connectivity index (χ2n) is 12.8. The van der Waals surface area contributed by atoms with Crippen LogP contribution in [0.25, 0.3) is 0 Å². The fourth-order valence-corrected chi connectivity index (χ4v) is 6.32. The Morgan fingerprint density at radius 3 is 2.12 bits per heavy atom. The van der Waals surface area contributed by atoms with Gasteiger partial charge in [-0.25, -0.2) is 4.79 Å². The molecule has 1 aliphatic carbocycles. The van der Waals surface area contributed by atoms with Crippen LogP contribution in [0.4, 0.5) is 10.5 Å². The van der Waals surface area contributed by atoms with Crippen LogP contribution in [0.15, 0.2) is 42.5 Å². The molecule has 2 fully saturated rings. The Morgan fingerprint density at radius 2 is 1.60 bits per heavy atom. The predicted octanol–water partition coefficient (Wildman–Crippen LogP) is 5.88. The summed E-state index contributed by atoms with van der Waals surface area (Å²) >= 11 is 6.20. The summed E-state index contributed by atoms with van der Waals surface area (Å²) in [5.41, 5.74) is 0.813. The Kier molecular flexibility index (Phi) is 8.01. The molecule has 2 aliphatic rings. The lowest BCUT2D eigenvalue weighted by molar-refractivity contribution is -0.164. The molecule has 1 saturated heterocycles. The van der Waals surface area contributed by atoms with E-state index in [2.05, 4.69) is 44.0 Å². The molecule has 0 spiro atoms. The molecule has 1 saturated carbocycles. The largest absolute Gasteiger partial charge is 0.489 e. The minimum absolute atomic E-state index is 0.119. The Bertz CT molecular complexity index is 1290. The molecule has 1 aliphatic heterocycles. The molecule has 1 heterocycles. The van der Waals surface area contributed by atoms with E-state index in [9.17, 15) is 9.59 Å². The molecule has 2 amide bonds. The summed E-state index contributed by atoms with van der Waals surface area (Å²) in [6.07, 6.45) is -0.453. The number of hydrogen-bond donors (Lipinski definition) is 1. The number of hydrogen-bond acceptors (Lipinski definition) is 6. The topological polar surface area (TPSA) is 94.9 Å². The number of amides is 2. The Morgan fingerprint density at radius 1 is 1.00 bits per heavy atom. The van der Waals surface area contributed by atoms with Crippen molar-refractivity contribution in [2.24, 2.45) is 10.8 Å². The van der Waals surface area contributed by atoms with Crippen LogP contribution in [-0.4, -0.2) is 60.8 Å². The summed E-state index contributed by atoms with van der Waals surface area (Å²) in [5.74, 6) is 0.467. The summed E-state index contributed by atoms with van der Waals surface area (Å²) in [6.45, 7) is 16.5. The van der Waals surface area contributed by atoms with Crippen LogP contribution < -0.4 is 15.0 Å². The average Bonchev–Trinajstić information content (AvgIpc) is 2.89. The zero-order valence-corrected chi connectivity index (χ0v) is 25.1. The lowest BCUT2D eigenvalue weighted by Crippen LogP contribution is -2.74. The van der Waals surface area contributed by atoms with E-state index in [1.807, 2.05) is 45.0 Å². The van der Waals surface area contributed by atoms with Crippen LogP contribution in [0.2, 0.25) is 5.02 Å². The van der Waals surface area contributed by atoms with Crippen molar-refractivity contribution in [1.82, 2.24) is 10.2 Å². The third kappa shape index (κ3) is 6.00. The smallest absolute Gasteiger partial charge is 0.410 e. The van der Waals surface area contributed by atoms with E-state index in [0.29, 0.717) is 48.1 Å². The summed E-state index contributed by atoms with van der Waals surface area (Å²) in [4.78, 5) is 29.5. The second-order valence-corrected chi connectivity index (χ2v) is 13.2. The number of nitriles is 1. The van der Waals surface area contributed by atoms with Crippen molar-refractivity contribution < 1.29 is 19.1 Å². The maximum absolute atomic E-state index is 13.3.